The minimum absolute atomic E-state index is 0.0630. The van der Waals surface area contributed by atoms with Gasteiger partial charge in [0.05, 0.1) is 0 Å². The molecule has 0 radical (unpaired) electrons. The van der Waals surface area contributed by atoms with E-state index in [4.69, 9.17) is 5.11 Å². The van der Waals surface area contributed by atoms with Crippen molar-refractivity contribution in [1.29, 1.82) is 0 Å². The Balaban J connectivity index is 2.77. The number of carboxylic acid groups (broad SMARTS) is 1. The molecule has 0 atom stereocenters. The second-order valence-electron chi connectivity index (χ2n) is 3.85. The van der Waals surface area contributed by atoms with Crippen LogP contribution < -0.4 is 5.32 Å². The third kappa shape index (κ3) is 5.41. The predicted octanol–water partition coefficient (Wildman–Crippen LogP) is 2.00. The van der Waals surface area contributed by atoms with Gasteiger partial charge in [-0.3, -0.25) is 9.59 Å². The SMILES string of the molecule is O=C(O)CNC(=O)c1ccccc1CCC(F)(F)F. The number of amides is 1. The zero-order chi connectivity index (χ0) is 14.5. The normalized spacial score (nSPS) is 11.1. The summed E-state index contributed by atoms with van der Waals surface area (Å²) in [4.78, 5) is 22.0. The van der Waals surface area contributed by atoms with E-state index in [1.807, 2.05) is 0 Å². The molecule has 1 amide bonds. The highest BCUT2D eigenvalue weighted by Crippen LogP contribution is 2.23. The fraction of sp³-hybridized carbons (Fsp3) is 0.333. The maximum atomic E-state index is 12.1. The van der Waals surface area contributed by atoms with Gasteiger partial charge in [-0.2, -0.15) is 13.2 Å². The lowest BCUT2D eigenvalue weighted by atomic mass is 10.0. The van der Waals surface area contributed by atoms with Gasteiger partial charge in [-0.05, 0) is 18.1 Å². The van der Waals surface area contributed by atoms with E-state index in [0.717, 1.165) is 0 Å². The van der Waals surface area contributed by atoms with E-state index in [9.17, 15) is 22.8 Å². The number of halogens is 3. The van der Waals surface area contributed by atoms with E-state index in [2.05, 4.69) is 5.32 Å². The van der Waals surface area contributed by atoms with Gasteiger partial charge in [0.25, 0.3) is 5.91 Å². The molecule has 0 aliphatic rings. The number of hydrogen-bond donors (Lipinski definition) is 2. The largest absolute Gasteiger partial charge is 0.480 e. The Hall–Kier alpha value is -2.05. The van der Waals surface area contributed by atoms with Gasteiger partial charge in [0.1, 0.15) is 6.54 Å². The summed E-state index contributed by atoms with van der Waals surface area (Å²) < 4.78 is 36.4. The molecule has 0 aromatic heterocycles. The summed E-state index contributed by atoms with van der Waals surface area (Å²) in [5.41, 5.74) is 0.302. The fourth-order valence-corrected chi connectivity index (χ4v) is 1.49. The number of hydrogen-bond acceptors (Lipinski definition) is 2. The van der Waals surface area contributed by atoms with Crippen LogP contribution in [0.1, 0.15) is 22.3 Å². The van der Waals surface area contributed by atoms with Gasteiger partial charge < -0.3 is 10.4 Å². The van der Waals surface area contributed by atoms with Crippen LogP contribution in [0.2, 0.25) is 0 Å². The van der Waals surface area contributed by atoms with Gasteiger partial charge in [-0.1, -0.05) is 18.2 Å². The van der Waals surface area contributed by atoms with E-state index < -0.39 is 31.0 Å². The molecule has 0 saturated carbocycles. The molecule has 2 N–H and O–H groups in total. The molecule has 7 heteroatoms. The molecular weight excluding hydrogens is 263 g/mol. The van der Waals surface area contributed by atoms with Crippen molar-refractivity contribution in [3.05, 3.63) is 35.4 Å². The van der Waals surface area contributed by atoms with Crippen LogP contribution >= 0.6 is 0 Å². The number of benzene rings is 1. The summed E-state index contributed by atoms with van der Waals surface area (Å²) in [5.74, 6) is -1.92. The maximum absolute atomic E-state index is 12.1. The summed E-state index contributed by atoms with van der Waals surface area (Å²) in [6, 6.07) is 5.82. The molecule has 0 saturated heterocycles. The Morgan fingerprint density at radius 3 is 2.42 bits per heavy atom. The number of carbonyl (C=O) groups is 2. The number of nitrogens with one attached hydrogen (secondary N) is 1. The van der Waals surface area contributed by atoms with Crippen molar-refractivity contribution in [2.45, 2.75) is 19.0 Å². The molecule has 0 heterocycles. The van der Waals surface area contributed by atoms with E-state index in [0.29, 0.717) is 0 Å². The van der Waals surface area contributed by atoms with E-state index >= 15 is 0 Å². The van der Waals surface area contributed by atoms with Gasteiger partial charge in [0, 0.05) is 12.0 Å². The standard InChI is InChI=1S/C12H12F3NO3/c13-12(14,15)6-5-8-3-1-2-4-9(8)11(19)16-7-10(17)18/h1-4H,5-7H2,(H,16,19)(H,17,18). The fourth-order valence-electron chi connectivity index (χ4n) is 1.49. The van der Waals surface area contributed by atoms with Crippen molar-refractivity contribution in [3.63, 3.8) is 0 Å². The number of aryl methyl sites for hydroxylation is 1. The number of aliphatic carboxylic acids is 1. The first-order valence-electron chi connectivity index (χ1n) is 5.44. The van der Waals surface area contributed by atoms with Gasteiger partial charge in [-0.15, -0.1) is 0 Å². The molecule has 0 fully saturated rings. The van der Waals surface area contributed by atoms with Crippen LogP contribution in [0.15, 0.2) is 24.3 Å². The summed E-state index contributed by atoms with van der Waals surface area (Å²) >= 11 is 0. The smallest absolute Gasteiger partial charge is 0.389 e. The molecule has 1 aromatic rings. The highest BCUT2D eigenvalue weighted by atomic mass is 19.4. The molecule has 0 spiro atoms. The molecule has 104 valence electrons. The van der Waals surface area contributed by atoms with Crippen molar-refractivity contribution < 1.29 is 27.9 Å². The van der Waals surface area contributed by atoms with Gasteiger partial charge >= 0.3 is 12.1 Å². The molecule has 19 heavy (non-hydrogen) atoms. The second kappa shape index (κ2) is 6.21. The molecular formula is C12H12F3NO3. The minimum Gasteiger partial charge on any atom is -0.480 e. The van der Waals surface area contributed by atoms with Crippen molar-refractivity contribution >= 4 is 11.9 Å². The van der Waals surface area contributed by atoms with E-state index in [1.165, 1.54) is 24.3 Å². The topological polar surface area (TPSA) is 66.4 Å². The highest BCUT2D eigenvalue weighted by molar-refractivity contribution is 5.97. The zero-order valence-corrected chi connectivity index (χ0v) is 9.83. The summed E-state index contributed by atoms with van der Waals surface area (Å²) in [6.07, 6.45) is -5.65. The van der Waals surface area contributed by atoms with Crippen molar-refractivity contribution in [1.82, 2.24) is 5.32 Å². The second-order valence-corrected chi connectivity index (χ2v) is 3.85. The van der Waals surface area contributed by atoms with Crippen LogP contribution in [0.5, 0.6) is 0 Å². The van der Waals surface area contributed by atoms with Crippen LogP contribution in [0, 0.1) is 0 Å². The quantitative estimate of drug-likeness (QED) is 0.863. The highest BCUT2D eigenvalue weighted by Gasteiger charge is 2.27. The minimum atomic E-state index is -4.30. The Labute approximate surface area is 107 Å². The van der Waals surface area contributed by atoms with E-state index in [-0.39, 0.29) is 17.5 Å². The molecule has 0 bridgehead atoms. The summed E-state index contributed by atoms with van der Waals surface area (Å²) in [6.45, 7) is -0.577. The third-order valence-corrected chi connectivity index (χ3v) is 2.34. The summed E-state index contributed by atoms with van der Waals surface area (Å²) in [5, 5.41) is 10.5. The molecule has 0 unspecified atom stereocenters. The Bertz CT molecular complexity index is 472. The molecule has 1 aromatic carbocycles. The van der Waals surface area contributed by atoms with Crippen LogP contribution in [0.4, 0.5) is 13.2 Å². The van der Waals surface area contributed by atoms with Crippen molar-refractivity contribution in [2.24, 2.45) is 0 Å². The average Bonchev–Trinajstić information content (AvgIpc) is 2.33. The van der Waals surface area contributed by atoms with Crippen molar-refractivity contribution in [2.75, 3.05) is 6.54 Å². The van der Waals surface area contributed by atoms with Crippen LogP contribution in [0.25, 0.3) is 0 Å². The Morgan fingerprint density at radius 1 is 1.21 bits per heavy atom. The van der Waals surface area contributed by atoms with Gasteiger partial charge in [0.2, 0.25) is 0 Å². The van der Waals surface area contributed by atoms with Gasteiger partial charge in [-0.25, -0.2) is 0 Å². The lowest BCUT2D eigenvalue weighted by Crippen LogP contribution is -2.30. The van der Waals surface area contributed by atoms with Crippen LogP contribution in [0.3, 0.4) is 0 Å². The average molecular weight is 275 g/mol. The molecule has 1 rings (SSSR count). The monoisotopic (exact) mass is 275 g/mol. The first-order valence-corrected chi connectivity index (χ1v) is 5.44. The number of rotatable bonds is 5. The molecule has 4 nitrogen and oxygen atoms in total. The molecule has 0 aliphatic carbocycles. The molecule has 0 aliphatic heterocycles. The van der Waals surface area contributed by atoms with Crippen molar-refractivity contribution in [3.8, 4) is 0 Å². The maximum Gasteiger partial charge on any atom is 0.389 e. The predicted molar refractivity (Wildman–Crippen MR) is 60.8 cm³/mol. The first-order chi connectivity index (χ1) is 8.79. The lowest BCUT2D eigenvalue weighted by Gasteiger charge is -2.10. The lowest BCUT2D eigenvalue weighted by molar-refractivity contribution is -0.136. The summed E-state index contributed by atoms with van der Waals surface area (Å²) in [7, 11) is 0. The number of carboxylic acids is 1. The first kappa shape index (κ1) is 15.0. The van der Waals surface area contributed by atoms with E-state index in [1.54, 1.807) is 0 Å². The third-order valence-electron chi connectivity index (χ3n) is 2.34. The zero-order valence-electron chi connectivity index (χ0n) is 9.83. The number of alkyl halides is 3. The van der Waals surface area contributed by atoms with Gasteiger partial charge in [0.15, 0.2) is 0 Å². The number of carbonyl (C=O) groups excluding carboxylic acids is 1. The van der Waals surface area contributed by atoms with Crippen LogP contribution in [-0.4, -0.2) is 29.7 Å². The van der Waals surface area contributed by atoms with Crippen LogP contribution in [-0.2, 0) is 11.2 Å². The Morgan fingerprint density at radius 2 is 1.84 bits per heavy atom. The Kier molecular flexibility index (Phi) is 4.91.